The molecule has 0 radical (unpaired) electrons. The Morgan fingerprint density at radius 3 is 2.59 bits per heavy atom. The second-order valence-corrected chi connectivity index (χ2v) is 3.41. The van der Waals surface area contributed by atoms with Gasteiger partial charge in [-0.1, -0.05) is 0 Å². The Morgan fingerprint density at radius 1 is 1.35 bits per heavy atom. The van der Waals surface area contributed by atoms with Crippen LogP contribution in [0, 0.1) is 0 Å². The van der Waals surface area contributed by atoms with Gasteiger partial charge in [0.25, 0.3) is 0 Å². The molecule has 7 nitrogen and oxygen atoms in total. The van der Waals surface area contributed by atoms with E-state index in [9.17, 15) is 10.2 Å². The minimum absolute atomic E-state index is 0.131. The summed E-state index contributed by atoms with van der Waals surface area (Å²) in [6.07, 6.45) is -0.490. The van der Waals surface area contributed by atoms with Crippen LogP contribution in [0.2, 0.25) is 0 Å². The third-order valence-electron chi connectivity index (χ3n) is 2.28. The fourth-order valence-electron chi connectivity index (χ4n) is 1.36. The van der Waals surface area contributed by atoms with Gasteiger partial charge >= 0.3 is 6.01 Å². The maximum atomic E-state index is 9.89. The molecule has 0 bridgehead atoms. The maximum Gasteiger partial charge on any atom is 0.319 e. The predicted octanol–water partition coefficient (Wildman–Crippen LogP) is -0.763. The third-order valence-corrected chi connectivity index (χ3v) is 2.28. The molecule has 0 spiro atoms. The summed E-state index contributed by atoms with van der Waals surface area (Å²) in [6.45, 7) is 0.275. The second kappa shape index (κ2) is 6.33. The number of hydrogen-bond acceptors (Lipinski definition) is 7. The number of aliphatic hydroxyl groups is 2. The quantitative estimate of drug-likeness (QED) is 0.602. The van der Waals surface area contributed by atoms with Gasteiger partial charge < -0.3 is 25.4 Å². The van der Waals surface area contributed by atoms with E-state index in [1.807, 2.05) is 0 Å². The molecule has 1 aromatic rings. The first-order chi connectivity index (χ1) is 8.13. The number of hydrogen-bond donors (Lipinski definition) is 3. The van der Waals surface area contributed by atoms with Crippen LogP contribution in [0.4, 0.5) is 0 Å². The van der Waals surface area contributed by atoms with Crippen LogP contribution >= 0.6 is 0 Å². The van der Waals surface area contributed by atoms with Crippen molar-refractivity contribution in [1.82, 2.24) is 9.97 Å². The summed E-state index contributed by atoms with van der Waals surface area (Å²) < 4.78 is 9.84. The van der Waals surface area contributed by atoms with Gasteiger partial charge in [0, 0.05) is 6.20 Å². The van der Waals surface area contributed by atoms with Crippen molar-refractivity contribution in [3.63, 3.8) is 0 Å². The molecule has 17 heavy (non-hydrogen) atoms. The van der Waals surface area contributed by atoms with Gasteiger partial charge in [0.2, 0.25) is 5.88 Å². The summed E-state index contributed by atoms with van der Waals surface area (Å²) >= 11 is 0. The normalized spacial score (nSPS) is 14.2. The lowest BCUT2D eigenvalue weighted by Gasteiger charge is -2.18. The van der Waals surface area contributed by atoms with Crippen LogP contribution in [-0.4, -0.2) is 47.0 Å². The van der Waals surface area contributed by atoms with Crippen molar-refractivity contribution in [2.24, 2.45) is 5.73 Å². The fraction of sp³-hybridized carbons (Fsp3) is 0.600. The molecule has 1 aromatic heterocycles. The lowest BCUT2D eigenvalue weighted by Crippen LogP contribution is -2.22. The van der Waals surface area contributed by atoms with Gasteiger partial charge in [-0.25, -0.2) is 4.98 Å². The third kappa shape index (κ3) is 3.26. The molecule has 0 aromatic carbocycles. The molecule has 0 fully saturated rings. The van der Waals surface area contributed by atoms with E-state index in [1.165, 1.54) is 20.4 Å². The van der Waals surface area contributed by atoms with E-state index in [4.69, 9.17) is 15.2 Å². The summed E-state index contributed by atoms with van der Waals surface area (Å²) in [7, 11) is 2.83. The van der Waals surface area contributed by atoms with E-state index in [0.29, 0.717) is 5.56 Å². The number of nitrogens with two attached hydrogens (primary N) is 1. The Bertz CT molecular complexity index is 361. The molecule has 2 unspecified atom stereocenters. The summed E-state index contributed by atoms with van der Waals surface area (Å²) in [6, 6.07) is 0.131. The molecule has 7 heteroatoms. The molecule has 0 aliphatic carbocycles. The van der Waals surface area contributed by atoms with Gasteiger partial charge in [0.05, 0.1) is 25.9 Å². The molecule has 0 aliphatic rings. The first kappa shape index (κ1) is 13.6. The van der Waals surface area contributed by atoms with E-state index in [0.717, 1.165) is 0 Å². The van der Waals surface area contributed by atoms with Crippen LogP contribution in [0.3, 0.4) is 0 Å². The zero-order chi connectivity index (χ0) is 12.8. The SMILES string of the molecule is COc1ncc(C(O)C(O)CCN)c(OC)n1. The molecule has 4 N–H and O–H groups in total. The molecular weight excluding hydrogens is 226 g/mol. The number of nitrogens with zero attached hydrogens (tertiary/aromatic N) is 2. The Hall–Kier alpha value is -1.44. The topological polar surface area (TPSA) is 111 Å². The molecular formula is C10H17N3O4. The average Bonchev–Trinajstić information content (AvgIpc) is 2.37. The standard InChI is InChI=1S/C10H17N3O4/c1-16-9-6(5-12-10(13-9)17-2)8(15)7(14)3-4-11/h5,7-8,14-15H,3-4,11H2,1-2H3. The number of methoxy groups -OCH3 is 2. The summed E-state index contributed by atoms with van der Waals surface area (Å²) in [5.74, 6) is 0.167. The van der Waals surface area contributed by atoms with Gasteiger partial charge in [-0.15, -0.1) is 0 Å². The molecule has 2 atom stereocenters. The van der Waals surface area contributed by atoms with Crippen molar-refractivity contribution < 1.29 is 19.7 Å². The van der Waals surface area contributed by atoms with Crippen LogP contribution in [0.1, 0.15) is 18.1 Å². The second-order valence-electron chi connectivity index (χ2n) is 3.41. The predicted molar refractivity (Wildman–Crippen MR) is 59.8 cm³/mol. The van der Waals surface area contributed by atoms with Gasteiger partial charge in [-0.3, -0.25) is 0 Å². The number of aliphatic hydroxyl groups excluding tert-OH is 2. The van der Waals surface area contributed by atoms with Gasteiger partial charge in [-0.05, 0) is 13.0 Å². The van der Waals surface area contributed by atoms with Crippen molar-refractivity contribution in [3.8, 4) is 11.9 Å². The highest BCUT2D eigenvalue weighted by atomic mass is 16.5. The van der Waals surface area contributed by atoms with Crippen LogP contribution < -0.4 is 15.2 Å². The van der Waals surface area contributed by atoms with E-state index in [2.05, 4.69) is 9.97 Å². The van der Waals surface area contributed by atoms with Crippen molar-refractivity contribution in [1.29, 1.82) is 0 Å². The zero-order valence-corrected chi connectivity index (χ0v) is 9.83. The lowest BCUT2D eigenvalue weighted by molar-refractivity contribution is 0.0130. The van der Waals surface area contributed by atoms with E-state index >= 15 is 0 Å². The molecule has 1 heterocycles. The van der Waals surface area contributed by atoms with Crippen LogP contribution in [0.5, 0.6) is 11.9 Å². The Kier molecular flexibility index (Phi) is 5.08. The molecule has 1 rings (SSSR count). The Balaban J connectivity index is 2.96. The average molecular weight is 243 g/mol. The molecule has 0 amide bonds. The van der Waals surface area contributed by atoms with Crippen molar-refractivity contribution in [2.75, 3.05) is 20.8 Å². The summed E-state index contributed by atoms with van der Waals surface area (Å²) in [5.41, 5.74) is 5.61. The van der Waals surface area contributed by atoms with Crippen molar-refractivity contribution in [3.05, 3.63) is 11.8 Å². The molecule has 0 aliphatic heterocycles. The number of ether oxygens (including phenoxy) is 2. The Labute approximate surface area is 99.2 Å². The highest BCUT2D eigenvalue weighted by Gasteiger charge is 2.23. The minimum Gasteiger partial charge on any atom is -0.481 e. The lowest BCUT2D eigenvalue weighted by atomic mass is 10.0. The summed E-state index contributed by atoms with van der Waals surface area (Å²) in [5, 5.41) is 19.5. The van der Waals surface area contributed by atoms with Crippen LogP contribution in [0.15, 0.2) is 6.20 Å². The maximum absolute atomic E-state index is 9.89. The zero-order valence-electron chi connectivity index (χ0n) is 9.83. The Morgan fingerprint density at radius 2 is 2.06 bits per heavy atom. The molecule has 96 valence electrons. The minimum atomic E-state index is -1.14. The summed E-state index contributed by atoms with van der Waals surface area (Å²) in [4.78, 5) is 7.77. The number of rotatable bonds is 6. The van der Waals surface area contributed by atoms with Crippen molar-refractivity contribution in [2.45, 2.75) is 18.6 Å². The van der Waals surface area contributed by atoms with Gasteiger partial charge in [-0.2, -0.15) is 4.98 Å². The fourth-order valence-corrected chi connectivity index (χ4v) is 1.36. The van der Waals surface area contributed by atoms with Crippen LogP contribution in [-0.2, 0) is 0 Å². The highest BCUT2D eigenvalue weighted by molar-refractivity contribution is 5.28. The first-order valence-electron chi connectivity index (χ1n) is 5.15. The monoisotopic (exact) mass is 243 g/mol. The van der Waals surface area contributed by atoms with E-state index < -0.39 is 12.2 Å². The first-order valence-corrected chi connectivity index (χ1v) is 5.15. The van der Waals surface area contributed by atoms with Crippen molar-refractivity contribution >= 4 is 0 Å². The molecule has 0 saturated carbocycles. The van der Waals surface area contributed by atoms with E-state index in [-0.39, 0.29) is 24.9 Å². The van der Waals surface area contributed by atoms with Crippen LogP contribution in [0.25, 0.3) is 0 Å². The highest BCUT2D eigenvalue weighted by Crippen LogP contribution is 2.27. The number of aromatic nitrogens is 2. The largest absolute Gasteiger partial charge is 0.481 e. The molecule has 0 saturated heterocycles. The van der Waals surface area contributed by atoms with Gasteiger partial charge in [0.15, 0.2) is 0 Å². The smallest absolute Gasteiger partial charge is 0.319 e. The van der Waals surface area contributed by atoms with Gasteiger partial charge in [0.1, 0.15) is 6.10 Å². The van der Waals surface area contributed by atoms with E-state index in [1.54, 1.807) is 0 Å².